The number of nitrogens with one attached hydrogen (secondary N) is 1. The second kappa shape index (κ2) is 5.47. The molecule has 0 aromatic heterocycles. The molecule has 0 saturated heterocycles. The lowest BCUT2D eigenvalue weighted by atomic mass is 10.1. The van der Waals surface area contributed by atoms with Gasteiger partial charge < -0.3 is 11.1 Å². The summed E-state index contributed by atoms with van der Waals surface area (Å²) >= 11 is 11.7. The molecule has 0 spiro atoms. The molecule has 98 valence electrons. The van der Waals surface area contributed by atoms with Crippen molar-refractivity contribution in [1.82, 2.24) is 0 Å². The number of nitrogens with two attached hydrogens (primary N) is 1. The highest BCUT2D eigenvalue weighted by Crippen LogP contribution is 2.26. The van der Waals surface area contributed by atoms with E-state index in [1.165, 1.54) is 18.2 Å². The fourth-order valence-electron chi connectivity index (χ4n) is 1.51. The van der Waals surface area contributed by atoms with Gasteiger partial charge in [-0.2, -0.15) is 0 Å². The zero-order valence-corrected chi connectivity index (χ0v) is 11.1. The van der Waals surface area contributed by atoms with Crippen LogP contribution in [0.5, 0.6) is 0 Å². The lowest BCUT2D eigenvalue weighted by molar-refractivity contribution is 0.102. The van der Waals surface area contributed by atoms with Gasteiger partial charge in [-0.25, -0.2) is 4.39 Å². The van der Waals surface area contributed by atoms with Crippen LogP contribution in [0, 0.1) is 5.82 Å². The Morgan fingerprint density at radius 2 is 1.89 bits per heavy atom. The summed E-state index contributed by atoms with van der Waals surface area (Å²) in [6, 6.07) is 8.20. The maximum absolute atomic E-state index is 13.1. The van der Waals surface area contributed by atoms with Crippen LogP contribution in [0.3, 0.4) is 0 Å². The van der Waals surface area contributed by atoms with Crippen LogP contribution >= 0.6 is 23.2 Å². The lowest BCUT2D eigenvalue weighted by Gasteiger charge is -2.09. The average molecular weight is 299 g/mol. The first-order valence-electron chi connectivity index (χ1n) is 5.29. The van der Waals surface area contributed by atoms with Crippen molar-refractivity contribution in [1.29, 1.82) is 0 Å². The van der Waals surface area contributed by atoms with Crippen LogP contribution in [-0.4, -0.2) is 5.91 Å². The number of nitrogen functional groups attached to an aromatic ring is 1. The van der Waals surface area contributed by atoms with E-state index >= 15 is 0 Å². The fourth-order valence-corrected chi connectivity index (χ4v) is 1.96. The van der Waals surface area contributed by atoms with Crippen LogP contribution in [0.2, 0.25) is 10.0 Å². The maximum atomic E-state index is 13.1. The van der Waals surface area contributed by atoms with Gasteiger partial charge in [0.2, 0.25) is 0 Å². The molecule has 0 bridgehead atoms. The van der Waals surface area contributed by atoms with E-state index in [9.17, 15) is 9.18 Å². The molecule has 1 amide bonds. The molecule has 0 unspecified atom stereocenters. The molecule has 0 aliphatic carbocycles. The highest BCUT2D eigenvalue weighted by molar-refractivity contribution is 6.36. The van der Waals surface area contributed by atoms with Crippen LogP contribution in [0.25, 0.3) is 0 Å². The average Bonchev–Trinajstić information content (AvgIpc) is 2.35. The Morgan fingerprint density at radius 1 is 1.16 bits per heavy atom. The summed E-state index contributed by atoms with van der Waals surface area (Å²) in [7, 11) is 0. The lowest BCUT2D eigenvalue weighted by Crippen LogP contribution is -2.14. The summed E-state index contributed by atoms with van der Waals surface area (Å²) in [5.74, 6) is -1.08. The Kier molecular flexibility index (Phi) is 3.93. The van der Waals surface area contributed by atoms with E-state index in [1.807, 2.05) is 0 Å². The molecule has 3 N–H and O–H groups in total. The van der Waals surface area contributed by atoms with E-state index in [0.717, 1.165) is 6.07 Å². The topological polar surface area (TPSA) is 55.1 Å². The first-order chi connectivity index (χ1) is 8.97. The van der Waals surface area contributed by atoms with Gasteiger partial charge in [0.05, 0.1) is 16.3 Å². The molecule has 0 saturated carbocycles. The Hall–Kier alpha value is -1.78. The number of carbonyl (C=O) groups excluding carboxylic acids is 1. The SMILES string of the molecule is Nc1ccc(F)cc1C(=O)Nc1ccc(Cl)cc1Cl. The smallest absolute Gasteiger partial charge is 0.257 e. The normalized spacial score (nSPS) is 10.3. The van der Waals surface area contributed by atoms with Crippen LogP contribution in [0.4, 0.5) is 15.8 Å². The first-order valence-corrected chi connectivity index (χ1v) is 6.04. The zero-order chi connectivity index (χ0) is 14.0. The predicted molar refractivity (Wildman–Crippen MR) is 75.2 cm³/mol. The van der Waals surface area contributed by atoms with Gasteiger partial charge in [0.15, 0.2) is 0 Å². The van der Waals surface area contributed by atoms with E-state index in [4.69, 9.17) is 28.9 Å². The number of amides is 1. The molecule has 19 heavy (non-hydrogen) atoms. The second-order valence-corrected chi connectivity index (χ2v) is 4.65. The van der Waals surface area contributed by atoms with Gasteiger partial charge in [-0.15, -0.1) is 0 Å². The number of halogens is 3. The zero-order valence-electron chi connectivity index (χ0n) is 9.58. The van der Waals surface area contributed by atoms with Crippen LogP contribution in [0.15, 0.2) is 36.4 Å². The molecule has 2 rings (SSSR count). The molecule has 0 fully saturated rings. The summed E-state index contributed by atoms with van der Waals surface area (Å²) in [6.07, 6.45) is 0. The molecule has 3 nitrogen and oxygen atoms in total. The summed E-state index contributed by atoms with van der Waals surface area (Å²) < 4.78 is 13.1. The third-order valence-corrected chi connectivity index (χ3v) is 2.99. The Morgan fingerprint density at radius 3 is 2.58 bits per heavy atom. The van der Waals surface area contributed by atoms with Crippen molar-refractivity contribution >= 4 is 40.5 Å². The number of carbonyl (C=O) groups is 1. The van der Waals surface area contributed by atoms with Gasteiger partial charge >= 0.3 is 0 Å². The van der Waals surface area contributed by atoms with E-state index in [0.29, 0.717) is 10.7 Å². The van der Waals surface area contributed by atoms with Gasteiger partial charge in [-0.3, -0.25) is 4.79 Å². The molecule has 0 radical (unpaired) electrons. The maximum Gasteiger partial charge on any atom is 0.257 e. The van der Waals surface area contributed by atoms with E-state index in [2.05, 4.69) is 5.32 Å². The van der Waals surface area contributed by atoms with Crippen molar-refractivity contribution in [2.75, 3.05) is 11.1 Å². The highest BCUT2D eigenvalue weighted by Gasteiger charge is 2.12. The van der Waals surface area contributed by atoms with Crippen molar-refractivity contribution in [3.63, 3.8) is 0 Å². The summed E-state index contributed by atoms with van der Waals surface area (Å²) in [5, 5.41) is 3.29. The Labute approximate surface area is 119 Å². The van der Waals surface area contributed by atoms with Gasteiger partial charge in [0.25, 0.3) is 5.91 Å². The summed E-state index contributed by atoms with van der Waals surface area (Å²) in [4.78, 5) is 12.0. The molecule has 2 aromatic carbocycles. The molecule has 6 heteroatoms. The van der Waals surface area contributed by atoms with Gasteiger partial charge in [-0.1, -0.05) is 23.2 Å². The van der Waals surface area contributed by atoms with Gasteiger partial charge in [0.1, 0.15) is 5.82 Å². The van der Waals surface area contributed by atoms with E-state index in [1.54, 1.807) is 12.1 Å². The highest BCUT2D eigenvalue weighted by atomic mass is 35.5. The molecule has 0 heterocycles. The number of hydrogen-bond acceptors (Lipinski definition) is 2. The Bertz CT molecular complexity index is 647. The second-order valence-electron chi connectivity index (χ2n) is 3.81. The molecule has 0 aliphatic rings. The largest absolute Gasteiger partial charge is 0.398 e. The van der Waals surface area contributed by atoms with Crippen LogP contribution in [0.1, 0.15) is 10.4 Å². The molecule has 0 aliphatic heterocycles. The van der Waals surface area contributed by atoms with Crippen molar-refractivity contribution in [2.45, 2.75) is 0 Å². The Balaban J connectivity index is 2.28. The van der Waals surface area contributed by atoms with Crippen molar-refractivity contribution in [3.05, 3.63) is 57.8 Å². The van der Waals surface area contributed by atoms with Crippen molar-refractivity contribution in [2.24, 2.45) is 0 Å². The first kappa shape index (κ1) is 13.6. The monoisotopic (exact) mass is 298 g/mol. The van der Waals surface area contributed by atoms with E-state index < -0.39 is 11.7 Å². The summed E-state index contributed by atoms with van der Waals surface area (Å²) in [5.41, 5.74) is 6.23. The predicted octanol–water partition coefficient (Wildman–Crippen LogP) is 3.97. The van der Waals surface area contributed by atoms with Gasteiger partial charge in [0, 0.05) is 10.7 Å². The number of benzene rings is 2. The summed E-state index contributed by atoms with van der Waals surface area (Å²) in [6.45, 7) is 0. The number of anilines is 2. The van der Waals surface area contributed by atoms with Crippen LogP contribution < -0.4 is 11.1 Å². The third-order valence-electron chi connectivity index (χ3n) is 2.44. The molecule has 0 atom stereocenters. The molecule has 2 aromatic rings. The minimum absolute atomic E-state index is 0.0472. The molecular formula is C13H9Cl2FN2O. The fraction of sp³-hybridized carbons (Fsp3) is 0. The quantitative estimate of drug-likeness (QED) is 0.824. The van der Waals surface area contributed by atoms with Crippen LogP contribution in [-0.2, 0) is 0 Å². The molecular weight excluding hydrogens is 290 g/mol. The standard InChI is InChI=1S/C13H9Cl2FN2O/c14-7-1-4-12(10(15)5-7)18-13(19)9-6-8(16)2-3-11(9)17/h1-6H,17H2,(H,18,19). The minimum atomic E-state index is -0.541. The van der Waals surface area contributed by atoms with Crippen molar-refractivity contribution in [3.8, 4) is 0 Å². The van der Waals surface area contributed by atoms with Crippen molar-refractivity contribution < 1.29 is 9.18 Å². The number of rotatable bonds is 2. The number of hydrogen-bond donors (Lipinski definition) is 2. The minimum Gasteiger partial charge on any atom is -0.398 e. The van der Waals surface area contributed by atoms with E-state index in [-0.39, 0.29) is 16.3 Å². The van der Waals surface area contributed by atoms with Gasteiger partial charge in [-0.05, 0) is 36.4 Å². The third kappa shape index (κ3) is 3.16.